The van der Waals surface area contributed by atoms with Crippen LogP contribution in [0.4, 0.5) is 0 Å². The second-order valence-corrected chi connectivity index (χ2v) is 5.53. The van der Waals surface area contributed by atoms with Gasteiger partial charge in [0.15, 0.2) is 0 Å². The van der Waals surface area contributed by atoms with Gasteiger partial charge in [-0.05, 0) is 18.8 Å². The van der Waals surface area contributed by atoms with Crippen molar-refractivity contribution in [2.75, 3.05) is 6.61 Å². The van der Waals surface area contributed by atoms with Gasteiger partial charge in [-0.25, -0.2) is 0 Å². The van der Waals surface area contributed by atoms with Gasteiger partial charge in [-0.15, -0.1) is 0 Å². The molecule has 1 rings (SSSR count). The zero-order valence-corrected chi connectivity index (χ0v) is 11.8. The van der Waals surface area contributed by atoms with Gasteiger partial charge in [-0.1, -0.05) is 64.7 Å². The van der Waals surface area contributed by atoms with Crippen molar-refractivity contribution < 1.29 is 9.53 Å². The predicted molar refractivity (Wildman–Crippen MR) is 75.2 cm³/mol. The molecule has 0 atom stereocenters. The highest BCUT2D eigenvalue weighted by atomic mass is 16.5. The lowest BCUT2D eigenvalue weighted by molar-refractivity contribution is -0.144. The molecule has 1 aliphatic rings. The molecule has 0 aromatic heterocycles. The molecule has 1 saturated carbocycles. The minimum atomic E-state index is -0.00677. The number of unbranched alkanes of at least 4 members (excludes halogenated alkanes) is 3. The smallest absolute Gasteiger partial charge is 0.305 e. The maximum Gasteiger partial charge on any atom is 0.305 e. The van der Waals surface area contributed by atoms with Gasteiger partial charge >= 0.3 is 5.97 Å². The second kappa shape index (κ2) is 10.4. The van der Waals surface area contributed by atoms with Crippen LogP contribution in [0.3, 0.4) is 0 Å². The zero-order chi connectivity index (χ0) is 13.1. The van der Waals surface area contributed by atoms with Gasteiger partial charge in [-0.3, -0.25) is 4.79 Å². The van der Waals surface area contributed by atoms with E-state index in [1.807, 2.05) is 0 Å². The lowest BCUT2D eigenvalue weighted by atomic mass is 9.97. The lowest BCUT2D eigenvalue weighted by Gasteiger charge is -2.13. The molecule has 0 heterocycles. The van der Waals surface area contributed by atoms with Gasteiger partial charge < -0.3 is 4.74 Å². The van der Waals surface area contributed by atoms with Crippen LogP contribution >= 0.6 is 0 Å². The summed E-state index contributed by atoms with van der Waals surface area (Å²) in [6.45, 7) is 4.43. The molecule has 0 aromatic rings. The number of ether oxygens (including phenoxy) is 1. The van der Waals surface area contributed by atoms with Crippen LogP contribution in [-0.2, 0) is 9.53 Å². The summed E-state index contributed by atoms with van der Waals surface area (Å²) in [5, 5.41) is 0. The summed E-state index contributed by atoms with van der Waals surface area (Å²) in [6.07, 6.45) is 14.0. The Morgan fingerprint density at radius 2 is 1.78 bits per heavy atom. The highest BCUT2D eigenvalue weighted by Gasteiger charge is 2.12. The Hall–Kier alpha value is -0.530. The molecule has 1 aliphatic carbocycles. The normalized spacial score (nSPS) is 17.4. The summed E-state index contributed by atoms with van der Waals surface area (Å²) < 4.78 is 5.31. The van der Waals surface area contributed by atoms with E-state index in [1.54, 1.807) is 0 Å². The van der Waals surface area contributed by atoms with Crippen LogP contribution in [0.5, 0.6) is 0 Å². The molecule has 0 aromatic carbocycles. The number of hydrogen-bond acceptors (Lipinski definition) is 2. The van der Waals surface area contributed by atoms with Crippen molar-refractivity contribution in [1.29, 1.82) is 0 Å². The van der Waals surface area contributed by atoms with Crippen LogP contribution in [0.2, 0.25) is 0 Å². The van der Waals surface area contributed by atoms with Crippen molar-refractivity contribution in [2.24, 2.45) is 5.92 Å². The fourth-order valence-corrected chi connectivity index (χ4v) is 2.69. The maximum absolute atomic E-state index is 11.5. The van der Waals surface area contributed by atoms with E-state index < -0.39 is 0 Å². The molecule has 1 fully saturated rings. The van der Waals surface area contributed by atoms with E-state index in [9.17, 15) is 4.79 Å². The summed E-state index contributed by atoms with van der Waals surface area (Å²) in [5.41, 5.74) is 0. The van der Waals surface area contributed by atoms with Crippen molar-refractivity contribution >= 4 is 5.97 Å². The second-order valence-electron chi connectivity index (χ2n) is 5.53. The number of esters is 1. The minimum Gasteiger partial charge on any atom is -0.466 e. The average Bonchev–Trinajstić information content (AvgIpc) is 2.63. The van der Waals surface area contributed by atoms with Gasteiger partial charge in [0.05, 0.1) is 6.61 Å². The molecular formula is C16H29O2. The van der Waals surface area contributed by atoms with Crippen molar-refractivity contribution in [1.82, 2.24) is 0 Å². The highest BCUT2D eigenvalue weighted by Crippen LogP contribution is 2.25. The summed E-state index contributed by atoms with van der Waals surface area (Å²) >= 11 is 0. The van der Waals surface area contributed by atoms with E-state index in [4.69, 9.17) is 4.74 Å². The number of carbonyl (C=O) groups is 1. The van der Waals surface area contributed by atoms with E-state index >= 15 is 0 Å². The van der Waals surface area contributed by atoms with Gasteiger partial charge in [-0.2, -0.15) is 0 Å². The lowest BCUT2D eigenvalue weighted by Crippen LogP contribution is -2.09. The van der Waals surface area contributed by atoms with Crippen molar-refractivity contribution in [3.63, 3.8) is 0 Å². The summed E-state index contributed by atoms with van der Waals surface area (Å²) in [7, 11) is 0. The molecule has 2 heteroatoms. The van der Waals surface area contributed by atoms with Gasteiger partial charge in [0.25, 0.3) is 0 Å². The van der Waals surface area contributed by atoms with Crippen molar-refractivity contribution in [2.45, 2.75) is 77.0 Å². The summed E-state index contributed by atoms with van der Waals surface area (Å²) in [5.74, 6) is 0.791. The summed E-state index contributed by atoms with van der Waals surface area (Å²) in [6, 6.07) is 0. The fraction of sp³-hybridized carbons (Fsp3) is 0.875. The third-order valence-corrected chi connectivity index (χ3v) is 3.89. The number of rotatable bonds is 8. The molecular weight excluding hydrogens is 224 g/mol. The van der Waals surface area contributed by atoms with E-state index in [0.717, 1.165) is 38.0 Å². The van der Waals surface area contributed by atoms with Crippen molar-refractivity contribution in [3.05, 3.63) is 6.92 Å². The standard InChI is InChI=1S/C16H29O2/c1-2-3-4-9-12-16(17)18-14-13-15-10-7-5-6-8-11-15/h15H,1-14H2. The minimum absolute atomic E-state index is 0.00677. The molecule has 0 amide bonds. The van der Waals surface area contributed by atoms with Gasteiger partial charge in [0.2, 0.25) is 0 Å². The average molecular weight is 253 g/mol. The van der Waals surface area contributed by atoms with E-state index in [2.05, 4.69) is 6.92 Å². The quantitative estimate of drug-likeness (QED) is 0.357. The maximum atomic E-state index is 11.5. The van der Waals surface area contributed by atoms with Gasteiger partial charge in [0.1, 0.15) is 0 Å². The Morgan fingerprint density at radius 1 is 1.06 bits per heavy atom. The topological polar surface area (TPSA) is 26.3 Å². The Labute approximate surface area is 112 Å². The molecule has 1 radical (unpaired) electrons. The first kappa shape index (κ1) is 15.5. The fourth-order valence-electron chi connectivity index (χ4n) is 2.69. The molecule has 105 valence electrons. The van der Waals surface area contributed by atoms with Gasteiger partial charge in [0, 0.05) is 6.42 Å². The molecule has 0 spiro atoms. The first-order valence-corrected chi connectivity index (χ1v) is 7.78. The monoisotopic (exact) mass is 253 g/mol. The Bertz CT molecular complexity index is 205. The van der Waals surface area contributed by atoms with Crippen LogP contribution in [0.1, 0.15) is 77.0 Å². The first-order valence-electron chi connectivity index (χ1n) is 7.78. The van der Waals surface area contributed by atoms with Crippen LogP contribution in [0.15, 0.2) is 0 Å². The largest absolute Gasteiger partial charge is 0.466 e. The molecule has 0 unspecified atom stereocenters. The van der Waals surface area contributed by atoms with Crippen molar-refractivity contribution in [3.8, 4) is 0 Å². The van der Waals surface area contributed by atoms with E-state index in [1.165, 1.54) is 38.5 Å². The zero-order valence-electron chi connectivity index (χ0n) is 11.8. The predicted octanol–water partition coefficient (Wildman–Crippen LogP) is 4.67. The molecule has 0 N–H and O–H groups in total. The number of hydrogen-bond donors (Lipinski definition) is 0. The molecule has 0 saturated heterocycles. The Kier molecular flexibility index (Phi) is 8.97. The van der Waals surface area contributed by atoms with E-state index in [-0.39, 0.29) is 5.97 Å². The number of carbonyl (C=O) groups excluding carboxylic acids is 1. The van der Waals surface area contributed by atoms with Crippen LogP contribution in [0.25, 0.3) is 0 Å². The SMILES string of the molecule is [CH2]CCCCCC(=O)OCCC1CCCCCC1. The molecule has 18 heavy (non-hydrogen) atoms. The molecule has 0 bridgehead atoms. The highest BCUT2D eigenvalue weighted by molar-refractivity contribution is 5.69. The third kappa shape index (κ3) is 7.73. The third-order valence-electron chi connectivity index (χ3n) is 3.89. The Morgan fingerprint density at radius 3 is 2.44 bits per heavy atom. The van der Waals surface area contributed by atoms with Crippen LogP contribution in [0, 0.1) is 12.8 Å². The van der Waals surface area contributed by atoms with Crippen LogP contribution < -0.4 is 0 Å². The summed E-state index contributed by atoms with van der Waals surface area (Å²) in [4.78, 5) is 11.5. The Balaban J connectivity index is 1.97. The first-order chi connectivity index (χ1) is 8.83. The van der Waals surface area contributed by atoms with Crippen LogP contribution in [-0.4, -0.2) is 12.6 Å². The van der Waals surface area contributed by atoms with E-state index in [0.29, 0.717) is 13.0 Å². The molecule has 0 aliphatic heterocycles. The molecule has 2 nitrogen and oxygen atoms in total.